The van der Waals surface area contributed by atoms with Crippen molar-refractivity contribution in [2.45, 2.75) is 47.8 Å². The van der Waals surface area contributed by atoms with Gasteiger partial charge in [-0.15, -0.1) is 11.8 Å². The molecule has 0 spiro atoms. The second-order valence-corrected chi connectivity index (χ2v) is 7.98. The largest absolute Gasteiger partial charge is 0.348 e. The lowest BCUT2D eigenvalue weighted by molar-refractivity contribution is -0.122. The molecule has 2 aromatic carbocycles. The summed E-state index contributed by atoms with van der Waals surface area (Å²) in [4.78, 5) is 14.1. The minimum atomic E-state index is -0.242. The van der Waals surface area contributed by atoms with E-state index in [0.717, 1.165) is 32.1 Å². The van der Waals surface area contributed by atoms with Crippen LogP contribution < -0.4 is 5.32 Å². The van der Waals surface area contributed by atoms with Crippen LogP contribution in [-0.2, 0) is 11.2 Å². The van der Waals surface area contributed by atoms with Gasteiger partial charge in [-0.1, -0.05) is 42.5 Å². The molecule has 0 aromatic heterocycles. The first-order valence-electron chi connectivity index (χ1n) is 8.40. The van der Waals surface area contributed by atoms with E-state index < -0.39 is 0 Å². The van der Waals surface area contributed by atoms with Gasteiger partial charge in [-0.25, -0.2) is 0 Å². The smallest absolute Gasteiger partial charge is 0.237 e. The average Bonchev–Trinajstić information content (AvgIpc) is 3.37. The third-order valence-corrected chi connectivity index (χ3v) is 6.34. The van der Waals surface area contributed by atoms with Gasteiger partial charge in [-0.05, 0) is 55.4 Å². The highest BCUT2D eigenvalue weighted by molar-refractivity contribution is 8.01. The van der Waals surface area contributed by atoms with E-state index in [2.05, 4.69) is 41.7 Å². The Kier molecular flexibility index (Phi) is 3.90. The number of rotatable bonds is 4. The van der Waals surface area contributed by atoms with Crippen molar-refractivity contribution in [3.05, 3.63) is 65.7 Å². The fraction of sp³-hybridized carbons (Fsp3) is 0.350. The van der Waals surface area contributed by atoms with Crippen LogP contribution in [0.25, 0.3) is 0 Å². The van der Waals surface area contributed by atoms with E-state index in [4.69, 9.17) is 0 Å². The summed E-state index contributed by atoms with van der Waals surface area (Å²) in [6.07, 6.45) is 5.29. The van der Waals surface area contributed by atoms with E-state index in [1.807, 2.05) is 18.2 Å². The summed E-state index contributed by atoms with van der Waals surface area (Å²) < 4.78 is -0.242. The maximum Gasteiger partial charge on any atom is 0.237 e. The van der Waals surface area contributed by atoms with Gasteiger partial charge in [0, 0.05) is 4.90 Å². The third-order valence-electron chi connectivity index (χ3n) is 4.85. The molecule has 1 N–H and O–H groups in total. The van der Waals surface area contributed by atoms with E-state index in [0.29, 0.717) is 0 Å². The minimum Gasteiger partial charge on any atom is -0.348 e. The zero-order chi connectivity index (χ0) is 15.7. The van der Waals surface area contributed by atoms with Gasteiger partial charge < -0.3 is 5.32 Å². The number of amides is 1. The van der Waals surface area contributed by atoms with Crippen LogP contribution in [-0.4, -0.2) is 10.7 Å². The number of fused-ring (bicyclic) bond motifs is 1. The van der Waals surface area contributed by atoms with Crippen molar-refractivity contribution in [1.29, 1.82) is 0 Å². The summed E-state index contributed by atoms with van der Waals surface area (Å²) in [7, 11) is 0. The molecular formula is C20H21NOS. The lowest BCUT2D eigenvalue weighted by Gasteiger charge is -2.28. The maximum absolute atomic E-state index is 12.9. The van der Waals surface area contributed by atoms with Gasteiger partial charge in [0.2, 0.25) is 5.91 Å². The van der Waals surface area contributed by atoms with Crippen molar-refractivity contribution in [2.24, 2.45) is 0 Å². The van der Waals surface area contributed by atoms with Crippen molar-refractivity contribution in [3.63, 3.8) is 0 Å². The molecule has 4 rings (SSSR count). The molecule has 23 heavy (non-hydrogen) atoms. The van der Waals surface area contributed by atoms with Crippen LogP contribution in [0, 0.1) is 0 Å². The number of carbonyl (C=O) groups is 1. The van der Waals surface area contributed by atoms with Crippen LogP contribution in [0.5, 0.6) is 0 Å². The molecule has 0 aliphatic heterocycles. The third kappa shape index (κ3) is 3.02. The highest BCUT2D eigenvalue weighted by atomic mass is 32.2. The average molecular weight is 323 g/mol. The number of nitrogens with one attached hydrogen (secondary N) is 1. The molecular weight excluding hydrogens is 302 g/mol. The van der Waals surface area contributed by atoms with Crippen molar-refractivity contribution in [2.75, 3.05) is 0 Å². The van der Waals surface area contributed by atoms with E-state index in [1.165, 1.54) is 16.0 Å². The first-order chi connectivity index (χ1) is 11.3. The van der Waals surface area contributed by atoms with Crippen LogP contribution in [0.4, 0.5) is 0 Å². The van der Waals surface area contributed by atoms with Gasteiger partial charge in [-0.2, -0.15) is 0 Å². The van der Waals surface area contributed by atoms with Crippen molar-refractivity contribution in [1.82, 2.24) is 5.32 Å². The molecule has 118 valence electrons. The molecule has 3 heteroatoms. The minimum absolute atomic E-state index is 0.182. The molecule has 2 aliphatic carbocycles. The molecule has 1 fully saturated rings. The summed E-state index contributed by atoms with van der Waals surface area (Å²) >= 11 is 1.72. The van der Waals surface area contributed by atoms with E-state index in [-0.39, 0.29) is 16.7 Å². The molecule has 0 heterocycles. The number of aryl methyl sites for hydroxylation is 1. The van der Waals surface area contributed by atoms with Crippen LogP contribution >= 0.6 is 11.8 Å². The lowest BCUT2D eigenvalue weighted by Crippen LogP contribution is -2.38. The SMILES string of the molecule is O=C(N[C@H]1CCCc2ccccc21)C1(Sc2ccccc2)CC1. The predicted octanol–water partition coefficient (Wildman–Crippen LogP) is 4.51. The lowest BCUT2D eigenvalue weighted by atomic mass is 9.87. The second kappa shape index (κ2) is 6.04. The van der Waals surface area contributed by atoms with Crippen molar-refractivity contribution >= 4 is 17.7 Å². The number of hydrogen-bond acceptors (Lipinski definition) is 2. The molecule has 0 bridgehead atoms. The molecule has 1 saturated carbocycles. The normalized spacial score (nSPS) is 21.3. The predicted molar refractivity (Wildman–Crippen MR) is 94.5 cm³/mol. The van der Waals surface area contributed by atoms with Gasteiger partial charge in [0.1, 0.15) is 0 Å². The Balaban J connectivity index is 1.48. The summed E-state index contributed by atoms with van der Waals surface area (Å²) in [6.45, 7) is 0. The Hall–Kier alpha value is -1.74. The molecule has 2 nitrogen and oxygen atoms in total. The van der Waals surface area contributed by atoms with Crippen LogP contribution in [0.2, 0.25) is 0 Å². The number of hydrogen-bond donors (Lipinski definition) is 1. The molecule has 1 amide bonds. The van der Waals surface area contributed by atoms with Crippen LogP contribution in [0.15, 0.2) is 59.5 Å². The van der Waals surface area contributed by atoms with Gasteiger partial charge in [-0.3, -0.25) is 4.79 Å². The molecule has 0 unspecified atom stereocenters. The second-order valence-electron chi connectivity index (χ2n) is 6.53. The van der Waals surface area contributed by atoms with Crippen LogP contribution in [0.3, 0.4) is 0 Å². The molecule has 0 saturated heterocycles. The van der Waals surface area contributed by atoms with Gasteiger partial charge in [0.05, 0.1) is 10.8 Å². The Morgan fingerprint density at radius 2 is 1.78 bits per heavy atom. The first kappa shape index (κ1) is 14.8. The van der Waals surface area contributed by atoms with Crippen LogP contribution in [0.1, 0.15) is 42.9 Å². The fourth-order valence-corrected chi connectivity index (χ4v) is 4.60. The zero-order valence-electron chi connectivity index (χ0n) is 13.1. The molecule has 2 aromatic rings. The standard InChI is InChI=1S/C20H21NOS/c22-19(20(13-14-20)23-16-9-2-1-3-10-16)21-18-12-6-8-15-7-4-5-11-17(15)18/h1-5,7,9-11,18H,6,8,12-14H2,(H,21,22)/t18-/m0/s1. The summed E-state index contributed by atoms with van der Waals surface area (Å²) in [5, 5.41) is 3.34. The van der Waals surface area contributed by atoms with Crippen molar-refractivity contribution < 1.29 is 4.79 Å². The van der Waals surface area contributed by atoms with E-state index in [1.54, 1.807) is 11.8 Å². The maximum atomic E-state index is 12.9. The number of thioether (sulfide) groups is 1. The van der Waals surface area contributed by atoms with Gasteiger partial charge in [0.25, 0.3) is 0 Å². The van der Waals surface area contributed by atoms with E-state index in [9.17, 15) is 4.79 Å². The Labute approximate surface area is 141 Å². The first-order valence-corrected chi connectivity index (χ1v) is 9.21. The number of benzene rings is 2. The topological polar surface area (TPSA) is 29.1 Å². The molecule has 2 aliphatic rings. The number of carbonyl (C=O) groups excluding carboxylic acids is 1. The zero-order valence-corrected chi connectivity index (χ0v) is 13.9. The Bertz CT molecular complexity index is 709. The van der Waals surface area contributed by atoms with Crippen molar-refractivity contribution in [3.8, 4) is 0 Å². The fourth-order valence-electron chi connectivity index (χ4n) is 3.40. The summed E-state index contributed by atoms with van der Waals surface area (Å²) in [5.74, 6) is 0.216. The molecule has 1 atom stereocenters. The highest BCUT2D eigenvalue weighted by Gasteiger charge is 2.51. The monoisotopic (exact) mass is 323 g/mol. The van der Waals surface area contributed by atoms with E-state index >= 15 is 0 Å². The quantitative estimate of drug-likeness (QED) is 0.897. The van der Waals surface area contributed by atoms with Gasteiger partial charge >= 0.3 is 0 Å². The summed E-state index contributed by atoms with van der Waals surface area (Å²) in [5.41, 5.74) is 2.71. The highest BCUT2D eigenvalue weighted by Crippen LogP contribution is 2.52. The Morgan fingerprint density at radius 1 is 1.04 bits per heavy atom. The molecule has 0 radical (unpaired) electrons. The van der Waals surface area contributed by atoms with Gasteiger partial charge in [0.15, 0.2) is 0 Å². The Morgan fingerprint density at radius 3 is 2.57 bits per heavy atom. The summed E-state index contributed by atoms with van der Waals surface area (Å²) in [6, 6.07) is 19.0.